The molecule has 0 fully saturated rings. The minimum absolute atomic E-state index is 0.0796. The number of hydrogen-bond donors (Lipinski definition) is 3. The minimum atomic E-state index is -0.756. The summed E-state index contributed by atoms with van der Waals surface area (Å²) in [4.78, 5) is 21.9. The van der Waals surface area contributed by atoms with Crippen LogP contribution in [0.1, 0.15) is 52.9 Å². The predicted octanol–water partition coefficient (Wildman–Crippen LogP) is 1.77. The molecule has 0 spiro atoms. The molecule has 1 unspecified atom stereocenters. The molecule has 0 aliphatic carbocycles. The van der Waals surface area contributed by atoms with E-state index in [1.807, 2.05) is 6.92 Å². The first-order valence-electron chi connectivity index (χ1n) is 7.13. The summed E-state index contributed by atoms with van der Waals surface area (Å²) in [6, 6.07) is 0.457. The third kappa shape index (κ3) is 13.1. The fourth-order valence-electron chi connectivity index (χ4n) is 1.70. The van der Waals surface area contributed by atoms with Crippen LogP contribution in [0.5, 0.6) is 0 Å². The lowest BCUT2D eigenvalue weighted by atomic mass is 10.0. The van der Waals surface area contributed by atoms with Gasteiger partial charge in [0.25, 0.3) is 0 Å². The van der Waals surface area contributed by atoms with Gasteiger partial charge in [-0.2, -0.15) is 0 Å². The summed E-state index contributed by atoms with van der Waals surface area (Å²) >= 11 is 0. The van der Waals surface area contributed by atoms with Crippen LogP contribution in [0.25, 0.3) is 0 Å². The molecule has 112 valence electrons. The van der Waals surface area contributed by atoms with Gasteiger partial charge in [0.05, 0.1) is 0 Å². The Labute approximate surface area is 116 Å². The lowest BCUT2D eigenvalue weighted by molar-refractivity contribution is -0.137. The molecule has 0 bridgehead atoms. The molecule has 0 aromatic carbocycles. The molecule has 0 aromatic rings. The number of nitrogens with one attached hydrogen (secondary N) is 2. The Bertz CT molecular complexity index is 267. The molecule has 5 nitrogen and oxygen atoms in total. The highest BCUT2D eigenvalue weighted by atomic mass is 16.4. The largest absolute Gasteiger partial charge is 0.481 e. The number of carbonyl (C=O) groups excluding carboxylic acids is 1. The van der Waals surface area contributed by atoms with Gasteiger partial charge in [0.1, 0.15) is 0 Å². The van der Waals surface area contributed by atoms with E-state index in [2.05, 4.69) is 24.5 Å². The molecule has 0 rings (SSSR count). The van der Waals surface area contributed by atoms with Crippen LogP contribution in [0.2, 0.25) is 0 Å². The Hall–Kier alpha value is -1.10. The van der Waals surface area contributed by atoms with E-state index in [-0.39, 0.29) is 12.3 Å². The van der Waals surface area contributed by atoms with Crippen molar-refractivity contribution in [2.24, 2.45) is 5.92 Å². The van der Waals surface area contributed by atoms with Gasteiger partial charge in [0.2, 0.25) is 5.91 Å². The van der Waals surface area contributed by atoms with Crippen molar-refractivity contribution in [2.75, 3.05) is 13.1 Å². The highest BCUT2D eigenvalue weighted by Crippen LogP contribution is 2.09. The number of carboxylic acids is 1. The van der Waals surface area contributed by atoms with Crippen molar-refractivity contribution in [1.82, 2.24) is 10.6 Å². The van der Waals surface area contributed by atoms with Crippen LogP contribution in [0.15, 0.2) is 0 Å². The summed E-state index contributed by atoms with van der Waals surface area (Å²) in [5, 5.41) is 14.7. The summed E-state index contributed by atoms with van der Waals surface area (Å²) in [6.45, 7) is 7.68. The fraction of sp³-hybridized carbons (Fsp3) is 0.857. The maximum Gasteiger partial charge on any atom is 0.303 e. The summed E-state index contributed by atoms with van der Waals surface area (Å²) in [5.74, 6) is -0.344. The van der Waals surface area contributed by atoms with Crippen LogP contribution in [-0.4, -0.2) is 36.1 Å². The van der Waals surface area contributed by atoms with E-state index in [9.17, 15) is 9.59 Å². The van der Waals surface area contributed by atoms with Crippen LogP contribution >= 0.6 is 0 Å². The van der Waals surface area contributed by atoms with E-state index in [4.69, 9.17) is 5.11 Å². The summed E-state index contributed by atoms with van der Waals surface area (Å²) in [6.07, 6.45) is 3.10. The van der Waals surface area contributed by atoms with Crippen LogP contribution in [0.4, 0.5) is 0 Å². The first kappa shape index (κ1) is 17.9. The third-order valence-corrected chi connectivity index (χ3v) is 2.94. The highest BCUT2D eigenvalue weighted by Gasteiger charge is 2.06. The van der Waals surface area contributed by atoms with Crippen LogP contribution in [-0.2, 0) is 9.59 Å². The first-order chi connectivity index (χ1) is 8.91. The fourth-order valence-corrected chi connectivity index (χ4v) is 1.70. The molecule has 19 heavy (non-hydrogen) atoms. The number of aliphatic carboxylic acids is 1. The smallest absolute Gasteiger partial charge is 0.303 e. The van der Waals surface area contributed by atoms with Gasteiger partial charge >= 0.3 is 5.97 Å². The van der Waals surface area contributed by atoms with E-state index in [0.29, 0.717) is 31.3 Å². The van der Waals surface area contributed by atoms with Crippen LogP contribution in [0, 0.1) is 5.92 Å². The zero-order chi connectivity index (χ0) is 14.7. The Morgan fingerprint density at radius 1 is 1.05 bits per heavy atom. The number of carboxylic acid groups (broad SMARTS) is 1. The molecule has 0 aliphatic rings. The topological polar surface area (TPSA) is 78.4 Å². The Balaban J connectivity index is 3.44. The third-order valence-electron chi connectivity index (χ3n) is 2.94. The van der Waals surface area contributed by atoms with Gasteiger partial charge in [-0.25, -0.2) is 0 Å². The van der Waals surface area contributed by atoms with E-state index in [1.54, 1.807) is 0 Å². The number of carbonyl (C=O) groups is 2. The minimum Gasteiger partial charge on any atom is -0.481 e. The van der Waals surface area contributed by atoms with E-state index < -0.39 is 5.97 Å². The zero-order valence-electron chi connectivity index (χ0n) is 12.4. The molecule has 0 aliphatic heterocycles. The van der Waals surface area contributed by atoms with Gasteiger partial charge in [-0.05, 0) is 31.7 Å². The van der Waals surface area contributed by atoms with E-state index in [0.717, 1.165) is 19.4 Å². The Morgan fingerprint density at radius 3 is 2.32 bits per heavy atom. The molecule has 1 amide bonds. The zero-order valence-corrected chi connectivity index (χ0v) is 12.4. The number of amides is 1. The summed E-state index contributed by atoms with van der Waals surface area (Å²) in [7, 11) is 0. The van der Waals surface area contributed by atoms with Crippen LogP contribution < -0.4 is 10.6 Å². The lowest BCUT2D eigenvalue weighted by Gasteiger charge is -2.11. The van der Waals surface area contributed by atoms with Crippen molar-refractivity contribution in [3.8, 4) is 0 Å². The maximum absolute atomic E-state index is 11.5. The first-order valence-corrected chi connectivity index (χ1v) is 7.13. The maximum atomic E-state index is 11.5. The lowest BCUT2D eigenvalue weighted by Crippen LogP contribution is -2.28. The molecule has 0 saturated carbocycles. The van der Waals surface area contributed by atoms with Gasteiger partial charge < -0.3 is 15.7 Å². The quantitative estimate of drug-likeness (QED) is 0.501. The second-order valence-corrected chi connectivity index (χ2v) is 5.39. The molecular formula is C14H28N2O3. The standard InChI is InChI=1S/C14H28N2O3/c1-11(2)15-9-4-5-13(17)16-10-8-12(3)6-7-14(18)19/h11-12,15H,4-10H2,1-3H3,(H,16,17)(H,18,19). The van der Waals surface area contributed by atoms with Gasteiger partial charge in [0, 0.05) is 25.4 Å². The van der Waals surface area contributed by atoms with Crippen LogP contribution in [0.3, 0.4) is 0 Å². The Kier molecular flexibility index (Phi) is 10.2. The molecule has 5 heteroatoms. The average molecular weight is 272 g/mol. The number of hydrogen-bond acceptors (Lipinski definition) is 3. The van der Waals surface area contributed by atoms with Crippen molar-refractivity contribution >= 4 is 11.9 Å². The van der Waals surface area contributed by atoms with Crippen molar-refractivity contribution in [3.05, 3.63) is 0 Å². The number of rotatable bonds is 11. The van der Waals surface area contributed by atoms with E-state index in [1.165, 1.54) is 0 Å². The molecule has 0 heterocycles. The van der Waals surface area contributed by atoms with Gasteiger partial charge in [-0.1, -0.05) is 20.8 Å². The SMILES string of the molecule is CC(CCNC(=O)CCCNC(C)C)CCC(=O)O. The second kappa shape index (κ2) is 10.8. The van der Waals surface area contributed by atoms with Gasteiger partial charge in [-0.3, -0.25) is 9.59 Å². The summed E-state index contributed by atoms with van der Waals surface area (Å²) < 4.78 is 0. The van der Waals surface area contributed by atoms with Crippen molar-refractivity contribution in [1.29, 1.82) is 0 Å². The Morgan fingerprint density at radius 2 is 1.74 bits per heavy atom. The predicted molar refractivity (Wildman–Crippen MR) is 76.0 cm³/mol. The average Bonchev–Trinajstić information content (AvgIpc) is 2.32. The highest BCUT2D eigenvalue weighted by molar-refractivity contribution is 5.75. The second-order valence-electron chi connectivity index (χ2n) is 5.39. The van der Waals surface area contributed by atoms with Gasteiger partial charge in [-0.15, -0.1) is 0 Å². The van der Waals surface area contributed by atoms with E-state index >= 15 is 0 Å². The van der Waals surface area contributed by atoms with Crippen molar-refractivity contribution in [2.45, 2.75) is 58.9 Å². The molecule has 0 aromatic heterocycles. The summed E-state index contributed by atoms with van der Waals surface area (Å²) in [5.41, 5.74) is 0. The van der Waals surface area contributed by atoms with Gasteiger partial charge in [0.15, 0.2) is 0 Å². The molecular weight excluding hydrogens is 244 g/mol. The molecule has 1 atom stereocenters. The monoisotopic (exact) mass is 272 g/mol. The molecule has 3 N–H and O–H groups in total. The molecule has 0 saturated heterocycles. The molecule has 0 radical (unpaired) electrons. The van der Waals surface area contributed by atoms with Crippen molar-refractivity contribution in [3.63, 3.8) is 0 Å². The normalized spacial score (nSPS) is 12.4. The van der Waals surface area contributed by atoms with Crippen molar-refractivity contribution < 1.29 is 14.7 Å².